The van der Waals surface area contributed by atoms with Crippen LogP contribution in [-0.2, 0) is 17.8 Å². The van der Waals surface area contributed by atoms with Gasteiger partial charge in [0.1, 0.15) is 11.9 Å². The minimum Gasteiger partial charge on any atom is -0.350 e. The lowest BCUT2D eigenvalue weighted by molar-refractivity contribution is -0.121. The number of nitrogens with zero attached hydrogens (tertiary/aromatic N) is 3. The van der Waals surface area contributed by atoms with Crippen molar-refractivity contribution in [3.63, 3.8) is 0 Å². The molecule has 1 amide bonds. The molecule has 0 aliphatic carbocycles. The summed E-state index contributed by atoms with van der Waals surface area (Å²) in [5.74, 6) is -0.785. The van der Waals surface area contributed by atoms with Gasteiger partial charge in [-0.05, 0) is 12.5 Å². The second-order valence-electron chi connectivity index (χ2n) is 4.02. The highest BCUT2D eigenvalue weighted by atomic mass is 32.1. The molecule has 2 heterocycles. The van der Waals surface area contributed by atoms with Gasteiger partial charge in [-0.3, -0.25) is 9.78 Å². The summed E-state index contributed by atoms with van der Waals surface area (Å²) in [6.07, 6.45) is 2.13. The van der Waals surface area contributed by atoms with Crippen molar-refractivity contribution in [3.05, 3.63) is 45.9 Å². The van der Waals surface area contributed by atoms with E-state index in [9.17, 15) is 9.18 Å². The van der Waals surface area contributed by atoms with Gasteiger partial charge in [0.05, 0.1) is 29.0 Å². The molecule has 0 unspecified atom stereocenters. The summed E-state index contributed by atoms with van der Waals surface area (Å²) in [7, 11) is 0. The Morgan fingerprint density at radius 2 is 2.35 bits per heavy atom. The Hall–Kier alpha value is -2.33. The van der Waals surface area contributed by atoms with Gasteiger partial charge < -0.3 is 5.32 Å². The topological polar surface area (TPSA) is 78.7 Å². The Morgan fingerprint density at radius 3 is 3.00 bits per heavy atom. The molecule has 2 rings (SSSR count). The van der Waals surface area contributed by atoms with E-state index in [1.807, 2.05) is 5.38 Å². The molecule has 0 saturated carbocycles. The number of halogens is 1. The second kappa shape index (κ2) is 6.73. The van der Waals surface area contributed by atoms with Crippen LogP contribution in [0.15, 0.2) is 23.2 Å². The van der Waals surface area contributed by atoms with Gasteiger partial charge in [-0.25, -0.2) is 9.37 Å². The Balaban J connectivity index is 1.83. The van der Waals surface area contributed by atoms with Crippen LogP contribution in [0.3, 0.4) is 0 Å². The molecule has 0 aliphatic rings. The van der Waals surface area contributed by atoms with E-state index >= 15 is 0 Å². The first-order valence-corrected chi connectivity index (χ1v) is 6.81. The number of nitriles is 1. The largest absolute Gasteiger partial charge is 0.350 e. The average molecular weight is 290 g/mol. The Morgan fingerprint density at radius 1 is 1.50 bits per heavy atom. The van der Waals surface area contributed by atoms with Gasteiger partial charge in [0.15, 0.2) is 0 Å². The van der Waals surface area contributed by atoms with Crippen molar-refractivity contribution < 1.29 is 9.18 Å². The molecule has 0 radical (unpaired) electrons. The van der Waals surface area contributed by atoms with Crippen LogP contribution < -0.4 is 5.32 Å². The van der Waals surface area contributed by atoms with Crippen LogP contribution in [0.25, 0.3) is 0 Å². The fraction of sp³-hybridized carbons (Fsp3) is 0.231. The maximum atomic E-state index is 13.5. The van der Waals surface area contributed by atoms with Crippen molar-refractivity contribution in [3.8, 4) is 6.07 Å². The summed E-state index contributed by atoms with van der Waals surface area (Å²) >= 11 is 1.48. The summed E-state index contributed by atoms with van der Waals surface area (Å²) in [5.41, 5.74) is 2.85. The van der Waals surface area contributed by atoms with Crippen LogP contribution in [0.4, 0.5) is 4.39 Å². The van der Waals surface area contributed by atoms with Crippen LogP contribution in [0, 0.1) is 17.1 Å². The molecule has 5 nitrogen and oxygen atoms in total. The van der Waals surface area contributed by atoms with Gasteiger partial charge in [-0.15, -0.1) is 11.3 Å². The fourth-order valence-corrected chi connectivity index (χ4v) is 2.12. The molecule has 0 aliphatic heterocycles. The highest BCUT2D eigenvalue weighted by Crippen LogP contribution is 2.07. The first-order valence-electron chi connectivity index (χ1n) is 5.87. The SMILES string of the molecule is N#Cc1cnc(CNC(=O)CCc2cscn2)c(F)c1. The number of pyridine rings is 1. The minimum absolute atomic E-state index is 0.00738. The van der Waals surface area contributed by atoms with Crippen LogP contribution >= 0.6 is 11.3 Å². The third-order valence-electron chi connectivity index (χ3n) is 2.59. The number of hydrogen-bond donors (Lipinski definition) is 1. The molecular weight excluding hydrogens is 279 g/mol. The normalized spacial score (nSPS) is 10.0. The number of carbonyl (C=O) groups excluding carboxylic acids is 1. The predicted octanol–water partition coefficient (Wildman–Crippen LogP) is 1.80. The van der Waals surface area contributed by atoms with Crippen molar-refractivity contribution in [1.82, 2.24) is 15.3 Å². The van der Waals surface area contributed by atoms with Gasteiger partial charge >= 0.3 is 0 Å². The number of aromatic nitrogens is 2. The Labute approximate surface area is 119 Å². The monoisotopic (exact) mass is 290 g/mol. The zero-order chi connectivity index (χ0) is 14.4. The number of amides is 1. The molecule has 2 aromatic heterocycles. The zero-order valence-electron chi connectivity index (χ0n) is 10.5. The molecule has 0 bridgehead atoms. The van der Waals surface area contributed by atoms with E-state index in [1.165, 1.54) is 17.5 Å². The number of hydrogen-bond acceptors (Lipinski definition) is 5. The van der Waals surface area contributed by atoms with Gasteiger partial charge in [0, 0.05) is 18.0 Å². The van der Waals surface area contributed by atoms with Crippen LogP contribution in [0.2, 0.25) is 0 Å². The number of aryl methyl sites for hydroxylation is 1. The van der Waals surface area contributed by atoms with Gasteiger partial charge in [-0.2, -0.15) is 5.26 Å². The summed E-state index contributed by atoms with van der Waals surface area (Å²) in [5, 5.41) is 13.1. The maximum absolute atomic E-state index is 13.5. The average Bonchev–Trinajstić information content (AvgIpc) is 2.97. The van der Waals surface area contributed by atoms with Gasteiger partial charge in [-0.1, -0.05) is 0 Å². The van der Waals surface area contributed by atoms with Crippen molar-refractivity contribution in [2.24, 2.45) is 0 Å². The first-order chi connectivity index (χ1) is 9.69. The summed E-state index contributed by atoms with van der Waals surface area (Å²) in [4.78, 5) is 19.5. The van der Waals surface area contributed by atoms with Crippen LogP contribution in [0.1, 0.15) is 23.4 Å². The molecular formula is C13H11FN4OS. The molecule has 1 N–H and O–H groups in total. The highest BCUT2D eigenvalue weighted by molar-refractivity contribution is 7.07. The van der Waals surface area contributed by atoms with Crippen molar-refractivity contribution in [2.75, 3.05) is 0 Å². The third kappa shape index (κ3) is 3.83. The first kappa shape index (κ1) is 14.1. The van der Waals surface area contributed by atoms with Crippen LogP contribution in [-0.4, -0.2) is 15.9 Å². The van der Waals surface area contributed by atoms with E-state index in [1.54, 1.807) is 11.6 Å². The number of carbonyl (C=O) groups is 1. The lowest BCUT2D eigenvalue weighted by Gasteiger charge is -2.05. The predicted molar refractivity (Wildman–Crippen MR) is 71.2 cm³/mol. The maximum Gasteiger partial charge on any atom is 0.220 e. The lowest BCUT2D eigenvalue weighted by Crippen LogP contribution is -2.24. The van der Waals surface area contributed by atoms with Crippen molar-refractivity contribution in [2.45, 2.75) is 19.4 Å². The molecule has 2 aromatic rings. The molecule has 20 heavy (non-hydrogen) atoms. The van der Waals surface area contributed by atoms with E-state index in [4.69, 9.17) is 5.26 Å². The standard InChI is InChI=1S/C13H11FN4OS/c14-11-3-9(4-15)5-16-12(11)6-17-13(19)2-1-10-7-20-8-18-10/h3,5,7-8H,1-2,6H2,(H,17,19). The number of nitrogens with one attached hydrogen (secondary N) is 1. The third-order valence-corrected chi connectivity index (χ3v) is 3.23. The molecule has 102 valence electrons. The van der Waals surface area contributed by atoms with Crippen LogP contribution in [0.5, 0.6) is 0 Å². The summed E-state index contributed by atoms with van der Waals surface area (Å²) < 4.78 is 13.5. The smallest absolute Gasteiger partial charge is 0.220 e. The zero-order valence-corrected chi connectivity index (χ0v) is 11.3. The van der Waals surface area contributed by atoms with E-state index in [0.717, 1.165) is 11.8 Å². The fourth-order valence-electron chi connectivity index (χ4n) is 1.53. The van der Waals surface area contributed by atoms with E-state index in [2.05, 4.69) is 15.3 Å². The molecule has 0 aromatic carbocycles. The van der Waals surface area contributed by atoms with E-state index in [0.29, 0.717) is 12.8 Å². The second-order valence-corrected chi connectivity index (χ2v) is 4.74. The number of thiazole rings is 1. The highest BCUT2D eigenvalue weighted by Gasteiger charge is 2.08. The number of rotatable bonds is 5. The van der Waals surface area contributed by atoms with E-state index < -0.39 is 5.82 Å². The van der Waals surface area contributed by atoms with Crippen molar-refractivity contribution >= 4 is 17.2 Å². The Bertz CT molecular complexity index is 636. The summed E-state index contributed by atoms with van der Waals surface area (Å²) in [6, 6.07) is 2.90. The molecule has 0 atom stereocenters. The van der Waals surface area contributed by atoms with E-state index in [-0.39, 0.29) is 23.7 Å². The molecule has 0 spiro atoms. The summed E-state index contributed by atoms with van der Waals surface area (Å²) in [6.45, 7) is 0.00738. The molecule has 0 saturated heterocycles. The Kier molecular flexibility index (Phi) is 4.74. The lowest BCUT2D eigenvalue weighted by atomic mass is 10.2. The molecule has 7 heteroatoms. The minimum atomic E-state index is -0.594. The van der Waals surface area contributed by atoms with Crippen molar-refractivity contribution in [1.29, 1.82) is 5.26 Å². The van der Waals surface area contributed by atoms with Gasteiger partial charge in [0.25, 0.3) is 0 Å². The quantitative estimate of drug-likeness (QED) is 0.910. The van der Waals surface area contributed by atoms with Gasteiger partial charge in [0.2, 0.25) is 5.91 Å². The molecule has 0 fully saturated rings.